The van der Waals surface area contributed by atoms with Gasteiger partial charge in [0.2, 0.25) is 0 Å². The molecule has 0 saturated heterocycles. The van der Waals surface area contributed by atoms with Crippen molar-refractivity contribution in [2.24, 2.45) is 0 Å². The number of halogens is 1. The minimum atomic E-state index is 1.10. The van der Waals surface area contributed by atoms with Crippen molar-refractivity contribution in [3.05, 3.63) is 186 Å². The van der Waals surface area contributed by atoms with Crippen molar-refractivity contribution < 1.29 is 0 Å². The van der Waals surface area contributed by atoms with E-state index in [4.69, 9.17) is 0 Å². The predicted octanol–water partition coefficient (Wildman–Crippen LogP) is 15.7. The van der Waals surface area contributed by atoms with E-state index >= 15 is 0 Å². The van der Waals surface area contributed by atoms with Gasteiger partial charge in [0.1, 0.15) is 0 Å². The van der Waals surface area contributed by atoms with Gasteiger partial charge >= 0.3 is 0 Å². The van der Waals surface area contributed by atoms with Gasteiger partial charge in [-0.1, -0.05) is 127 Å². The Balaban J connectivity index is 1.24. The molecule has 1 nitrogen and oxygen atoms in total. The molecule has 2 heterocycles. The van der Waals surface area contributed by atoms with Gasteiger partial charge in [0.15, 0.2) is 0 Å². The molecule has 0 bridgehead atoms. The van der Waals surface area contributed by atoms with Crippen molar-refractivity contribution in [2.75, 3.05) is 4.90 Å². The SMILES string of the molecule is Brc1cc(N(c2ccc(-c3ccccc3-c3ccccc3)c(-c3ccccc3)c2)c2ccc3sc4ccccc4c3c2)cc2c1sc1ccccc12. The zero-order valence-corrected chi connectivity index (χ0v) is 31.2. The van der Waals surface area contributed by atoms with Crippen molar-refractivity contribution in [2.45, 2.75) is 0 Å². The van der Waals surface area contributed by atoms with Crippen molar-refractivity contribution in [3.63, 3.8) is 0 Å². The van der Waals surface area contributed by atoms with Crippen LogP contribution in [0.4, 0.5) is 17.1 Å². The van der Waals surface area contributed by atoms with Crippen LogP contribution in [0.3, 0.4) is 0 Å². The zero-order chi connectivity index (χ0) is 34.6. The molecule has 10 rings (SSSR count). The molecular formula is C48H30BrNS2. The number of hydrogen-bond donors (Lipinski definition) is 0. The van der Waals surface area contributed by atoms with Crippen LogP contribution in [0.15, 0.2) is 186 Å². The van der Waals surface area contributed by atoms with Crippen LogP contribution in [0.25, 0.3) is 73.7 Å². The Hall–Kier alpha value is -5.52. The summed E-state index contributed by atoms with van der Waals surface area (Å²) in [5.41, 5.74) is 10.6. The Labute approximate surface area is 318 Å². The molecule has 10 aromatic rings. The monoisotopic (exact) mass is 763 g/mol. The summed E-state index contributed by atoms with van der Waals surface area (Å²) in [6.45, 7) is 0. The fourth-order valence-electron chi connectivity index (χ4n) is 7.55. The molecule has 0 aliphatic carbocycles. The molecular weight excluding hydrogens is 735 g/mol. The van der Waals surface area contributed by atoms with E-state index in [0.717, 1.165) is 21.5 Å². The van der Waals surface area contributed by atoms with E-state index < -0.39 is 0 Å². The number of hydrogen-bond acceptors (Lipinski definition) is 3. The average Bonchev–Trinajstić information content (AvgIpc) is 3.77. The molecule has 0 aliphatic heterocycles. The molecule has 0 fully saturated rings. The van der Waals surface area contributed by atoms with Crippen molar-refractivity contribution in [1.82, 2.24) is 0 Å². The molecule has 0 radical (unpaired) electrons. The lowest BCUT2D eigenvalue weighted by atomic mass is 9.89. The van der Waals surface area contributed by atoms with Crippen LogP contribution >= 0.6 is 38.6 Å². The van der Waals surface area contributed by atoms with E-state index in [0.29, 0.717) is 0 Å². The van der Waals surface area contributed by atoms with Gasteiger partial charge in [-0.25, -0.2) is 0 Å². The highest BCUT2D eigenvalue weighted by molar-refractivity contribution is 9.10. The largest absolute Gasteiger partial charge is 0.310 e. The topological polar surface area (TPSA) is 3.24 Å². The van der Waals surface area contributed by atoms with Crippen LogP contribution in [0.5, 0.6) is 0 Å². The van der Waals surface area contributed by atoms with E-state index in [1.54, 1.807) is 0 Å². The molecule has 246 valence electrons. The van der Waals surface area contributed by atoms with Crippen molar-refractivity contribution >= 4 is 96.0 Å². The summed E-state index contributed by atoms with van der Waals surface area (Å²) in [6, 6.07) is 66.4. The van der Waals surface area contributed by atoms with E-state index in [2.05, 4.69) is 203 Å². The van der Waals surface area contributed by atoms with Crippen molar-refractivity contribution in [3.8, 4) is 33.4 Å². The first-order chi connectivity index (χ1) is 25.7. The van der Waals surface area contributed by atoms with Gasteiger partial charge < -0.3 is 4.90 Å². The van der Waals surface area contributed by atoms with E-state index in [9.17, 15) is 0 Å². The molecule has 0 amide bonds. The van der Waals surface area contributed by atoms with Gasteiger partial charge in [-0.2, -0.15) is 0 Å². The number of rotatable bonds is 6. The maximum Gasteiger partial charge on any atom is 0.0499 e. The summed E-state index contributed by atoms with van der Waals surface area (Å²) < 4.78 is 6.26. The molecule has 0 spiro atoms. The Morgan fingerprint density at radius 1 is 0.346 bits per heavy atom. The normalized spacial score (nSPS) is 11.6. The second kappa shape index (κ2) is 12.9. The second-order valence-corrected chi connectivity index (χ2v) is 16.0. The summed E-state index contributed by atoms with van der Waals surface area (Å²) in [7, 11) is 0. The van der Waals surface area contributed by atoms with E-state index in [1.807, 2.05) is 22.7 Å². The summed E-state index contributed by atoms with van der Waals surface area (Å²) in [5.74, 6) is 0. The minimum absolute atomic E-state index is 1.10. The Kier molecular flexibility index (Phi) is 7.76. The van der Waals surface area contributed by atoms with Crippen LogP contribution in [0, 0.1) is 0 Å². The van der Waals surface area contributed by atoms with Gasteiger partial charge in [0.25, 0.3) is 0 Å². The highest BCUT2D eigenvalue weighted by Crippen LogP contribution is 2.47. The van der Waals surface area contributed by atoms with Crippen LogP contribution in [0.2, 0.25) is 0 Å². The van der Waals surface area contributed by atoms with Gasteiger partial charge in [0.05, 0.1) is 0 Å². The van der Waals surface area contributed by atoms with Crippen molar-refractivity contribution in [1.29, 1.82) is 0 Å². The fraction of sp³-hybridized carbons (Fsp3) is 0. The molecule has 0 atom stereocenters. The third-order valence-corrected chi connectivity index (χ3v) is 13.2. The maximum atomic E-state index is 4.01. The second-order valence-electron chi connectivity index (χ2n) is 13.0. The first kappa shape index (κ1) is 31.2. The zero-order valence-electron chi connectivity index (χ0n) is 28.0. The lowest BCUT2D eigenvalue weighted by Gasteiger charge is -2.27. The van der Waals surface area contributed by atoms with Gasteiger partial charge in [-0.15, -0.1) is 22.7 Å². The number of anilines is 3. The Morgan fingerprint density at radius 3 is 1.62 bits per heavy atom. The Bertz CT molecular complexity index is 2920. The van der Waals surface area contributed by atoms with Crippen LogP contribution in [0.1, 0.15) is 0 Å². The van der Waals surface area contributed by atoms with Gasteiger partial charge in [0, 0.05) is 61.9 Å². The fourth-order valence-corrected chi connectivity index (χ4v) is 10.4. The lowest BCUT2D eigenvalue weighted by Crippen LogP contribution is -2.10. The van der Waals surface area contributed by atoms with E-state index in [-0.39, 0.29) is 0 Å². The highest BCUT2D eigenvalue weighted by Gasteiger charge is 2.21. The molecule has 8 aromatic carbocycles. The molecule has 2 aromatic heterocycles. The van der Waals surface area contributed by atoms with Gasteiger partial charge in [-0.3, -0.25) is 0 Å². The van der Waals surface area contributed by atoms with Crippen LogP contribution < -0.4 is 4.90 Å². The average molecular weight is 765 g/mol. The molecule has 0 N–H and O–H groups in total. The Morgan fingerprint density at radius 2 is 0.865 bits per heavy atom. The third-order valence-electron chi connectivity index (χ3n) is 9.94. The maximum absolute atomic E-state index is 4.01. The summed E-state index contributed by atoms with van der Waals surface area (Å²) >= 11 is 7.71. The molecule has 0 unspecified atom stereocenters. The summed E-state index contributed by atoms with van der Waals surface area (Å²) in [6.07, 6.45) is 0. The highest BCUT2D eigenvalue weighted by atomic mass is 79.9. The van der Waals surface area contributed by atoms with E-state index in [1.165, 1.54) is 73.7 Å². The first-order valence-corrected chi connectivity index (χ1v) is 19.8. The summed E-state index contributed by atoms with van der Waals surface area (Å²) in [5, 5.41) is 5.11. The quantitative estimate of drug-likeness (QED) is 0.163. The molecule has 0 aliphatic rings. The first-order valence-electron chi connectivity index (χ1n) is 17.4. The standard InChI is InChI=1S/C48H30BrNS2/c49-44-30-35(29-43-40-20-10-12-22-46(40)52-48(43)44)50(34-24-26-47-42(28-34)39-19-9-11-21-45(39)51-47)33-23-25-38(41(27-33)32-15-5-2-6-16-32)37-18-8-7-17-36(37)31-13-3-1-4-14-31/h1-30H. The summed E-state index contributed by atoms with van der Waals surface area (Å²) in [4.78, 5) is 2.43. The minimum Gasteiger partial charge on any atom is -0.310 e. The predicted molar refractivity (Wildman–Crippen MR) is 231 cm³/mol. The number of benzene rings is 8. The number of nitrogens with zero attached hydrogens (tertiary/aromatic N) is 1. The van der Waals surface area contributed by atoms with Gasteiger partial charge in [-0.05, 0) is 104 Å². The van der Waals surface area contributed by atoms with Crippen LogP contribution in [-0.4, -0.2) is 0 Å². The molecule has 0 saturated carbocycles. The van der Waals surface area contributed by atoms with Crippen LogP contribution in [-0.2, 0) is 0 Å². The number of thiophene rings is 2. The molecule has 4 heteroatoms. The number of fused-ring (bicyclic) bond motifs is 6. The molecule has 52 heavy (non-hydrogen) atoms. The third kappa shape index (κ3) is 5.34. The lowest BCUT2D eigenvalue weighted by molar-refractivity contribution is 1.29. The smallest absolute Gasteiger partial charge is 0.0499 e.